The average Bonchev–Trinajstić information content (AvgIpc) is 3.22. The van der Waals surface area contributed by atoms with Crippen molar-refractivity contribution < 1.29 is 33.2 Å². The smallest absolute Gasteiger partial charge is 0.506 e. The number of ether oxygens (including phenoxy) is 1. The van der Waals surface area contributed by atoms with Crippen LogP contribution in [0.5, 0.6) is 0 Å². The van der Waals surface area contributed by atoms with Gasteiger partial charge >= 0.3 is 19.1 Å². The summed E-state index contributed by atoms with van der Waals surface area (Å²) in [6.45, 7) is 9.08. The van der Waals surface area contributed by atoms with Crippen molar-refractivity contribution in [3.63, 3.8) is 0 Å². The van der Waals surface area contributed by atoms with Crippen molar-refractivity contribution in [3.05, 3.63) is 60.2 Å². The summed E-state index contributed by atoms with van der Waals surface area (Å²) in [5.74, 6) is -2.96. The molecule has 0 radical (unpaired) electrons. The van der Waals surface area contributed by atoms with Crippen LogP contribution in [-0.2, 0) is 34.9 Å². The third-order valence-electron chi connectivity index (χ3n) is 5.65. The van der Waals surface area contributed by atoms with Crippen LogP contribution >= 0.6 is 0 Å². The van der Waals surface area contributed by atoms with Crippen LogP contribution < -0.4 is 10.6 Å². The Morgan fingerprint density at radius 2 is 1.82 bits per heavy atom. The molecule has 2 amide bonds. The molecule has 1 aliphatic heterocycles. The number of carbonyl (C=O) groups excluding carboxylic acids is 4. The highest BCUT2D eigenvalue weighted by Crippen LogP contribution is 2.21. The van der Waals surface area contributed by atoms with Gasteiger partial charge in [0.1, 0.15) is 17.3 Å². The Kier molecular flexibility index (Phi) is 10.2. The van der Waals surface area contributed by atoms with Gasteiger partial charge in [-0.25, -0.2) is 4.98 Å². The van der Waals surface area contributed by atoms with Crippen LogP contribution in [0, 0.1) is 5.92 Å². The molecular formula is C27H35BN4O7. The molecule has 1 aromatic carbocycles. The molecule has 1 saturated heterocycles. The van der Waals surface area contributed by atoms with Crippen LogP contribution in [0.2, 0.25) is 0 Å². The number of hydrogen-bond acceptors (Lipinski definition) is 9. The van der Waals surface area contributed by atoms with Crippen LogP contribution in [0.15, 0.2) is 48.9 Å². The molecule has 12 heteroatoms. The molecule has 1 aromatic heterocycles. The highest BCUT2D eigenvalue weighted by molar-refractivity contribution is 6.51. The minimum atomic E-state index is -1.15. The van der Waals surface area contributed by atoms with Crippen LogP contribution in [0.4, 0.5) is 0 Å². The molecule has 39 heavy (non-hydrogen) atoms. The maximum Gasteiger partial charge on any atom is 0.552 e. The molecule has 1 aliphatic rings. The average molecular weight is 538 g/mol. The molecule has 0 saturated carbocycles. The molecule has 2 aromatic rings. The van der Waals surface area contributed by atoms with E-state index >= 15 is 0 Å². The van der Waals surface area contributed by atoms with Crippen molar-refractivity contribution >= 4 is 30.9 Å². The molecule has 2 N–H and O–H groups in total. The second-order valence-electron chi connectivity index (χ2n) is 10.8. The van der Waals surface area contributed by atoms with E-state index in [2.05, 4.69) is 20.6 Å². The third-order valence-corrected chi connectivity index (χ3v) is 5.65. The van der Waals surface area contributed by atoms with Crippen molar-refractivity contribution in [2.24, 2.45) is 5.92 Å². The van der Waals surface area contributed by atoms with Crippen molar-refractivity contribution in [2.45, 2.75) is 77.6 Å². The second-order valence-corrected chi connectivity index (χ2v) is 10.8. The fourth-order valence-corrected chi connectivity index (χ4v) is 4.02. The first-order valence-corrected chi connectivity index (χ1v) is 12.9. The van der Waals surface area contributed by atoms with Gasteiger partial charge < -0.3 is 24.7 Å². The summed E-state index contributed by atoms with van der Waals surface area (Å²) in [6, 6.07) is 8.27. The zero-order chi connectivity index (χ0) is 28.6. The van der Waals surface area contributed by atoms with Crippen molar-refractivity contribution in [1.82, 2.24) is 20.6 Å². The Balaban J connectivity index is 1.74. The maximum atomic E-state index is 13.5. The number of amides is 2. The number of carbonyl (C=O) groups is 4. The summed E-state index contributed by atoms with van der Waals surface area (Å²) in [5, 5.41) is 5.62. The van der Waals surface area contributed by atoms with Crippen LogP contribution in [0.1, 0.15) is 63.5 Å². The first kappa shape index (κ1) is 29.8. The van der Waals surface area contributed by atoms with Gasteiger partial charge in [0.15, 0.2) is 6.10 Å². The molecule has 11 nitrogen and oxygen atoms in total. The van der Waals surface area contributed by atoms with Gasteiger partial charge in [0.25, 0.3) is 5.91 Å². The molecule has 1 fully saturated rings. The number of esters is 1. The molecule has 0 aliphatic carbocycles. The highest BCUT2D eigenvalue weighted by Gasteiger charge is 2.47. The summed E-state index contributed by atoms with van der Waals surface area (Å²) in [6.07, 6.45) is 3.32. The van der Waals surface area contributed by atoms with E-state index in [-0.39, 0.29) is 24.5 Å². The van der Waals surface area contributed by atoms with Gasteiger partial charge in [-0.15, -0.1) is 0 Å². The fourth-order valence-electron chi connectivity index (χ4n) is 4.02. The Morgan fingerprint density at radius 1 is 1.10 bits per heavy atom. The Labute approximate surface area is 228 Å². The maximum absolute atomic E-state index is 13.5. The van der Waals surface area contributed by atoms with Gasteiger partial charge in [0.05, 0.1) is 18.6 Å². The zero-order valence-electron chi connectivity index (χ0n) is 22.9. The molecule has 208 valence electrons. The van der Waals surface area contributed by atoms with E-state index in [0.717, 1.165) is 5.56 Å². The zero-order valence-corrected chi connectivity index (χ0v) is 22.9. The number of rotatable bonds is 11. The quantitative estimate of drug-likeness (QED) is 0.324. The van der Waals surface area contributed by atoms with E-state index in [1.165, 1.54) is 18.6 Å². The number of aromatic nitrogens is 2. The molecular weight excluding hydrogens is 503 g/mol. The van der Waals surface area contributed by atoms with Crippen LogP contribution in [-0.4, -0.2) is 64.5 Å². The van der Waals surface area contributed by atoms with Crippen LogP contribution in [0.25, 0.3) is 0 Å². The molecule has 2 heterocycles. The summed E-state index contributed by atoms with van der Waals surface area (Å²) < 4.78 is 16.5. The molecule has 0 spiro atoms. The lowest BCUT2D eigenvalue weighted by molar-refractivity contribution is -0.158. The minimum Gasteiger partial charge on any atom is -0.506 e. The van der Waals surface area contributed by atoms with Gasteiger partial charge in [-0.05, 0) is 38.7 Å². The van der Waals surface area contributed by atoms with Crippen LogP contribution in [0.3, 0.4) is 0 Å². The fraction of sp³-hybridized carbons (Fsp3) is 0.481. The normalized spacial score (nSPS) is 16.8. The van der Waals surface area contributed by atoms with E-state index in [1.807, 2.05) is 44.2 Å². The van der Waals surface area contributed by atoms with Crippen molar-refractivity contribution in [2.75, 3.05) is 0 Å². The second kappa shape index (κ2) is 13.3. The molecule has 0 unspecified atom stereocenters. The predicted octanol–water partition coefficient (Wildman–Crippen LogP) is 2.05. The number of nitrogens with zero attached hydrogens (tertiary/aromatic N) is 2. The van der Waals surface area contributed by atoms with E-state index in [0.29, 0.717) is 6.42 Å². The highest BCUT2D eigenvalue weighted by atomic mass is 16.7. The topological polar surface area (TPSA) is 146 Å². The van der Waals surface area contributed by atoms with Crippen molar-refractivity contribution in [1.29, 1.82) is 0 Å². The Morgan fingerprint density at radius 3 is 2.44 bits per heavy atom. The van der Waals surface area contributed by atoms with Gasteiger partial charge in [0.2, 0.25) is 5.91 Å². The summed E-state index contributed by atoms with van der Waals surface area (Å²) in [5.41, 5.74) is 0.190. The summed E-state index contributed by atoms with van der Waals surface area (Å²) >= 11 is 0. The monoisotopic (exact) mass is 538 g/mol. The Hall–Kier alpha value is -3.80. The number of hydrogen-bond donors (Lipinski definition) is 2. The molecule has 3 atom stereocenters. The van der Waals surface area contributed by atoms with E-state index in [1.54, 1.807) is 20.8 Å². The standard InChI is InChI=1S/C27H35BN4O7/c1-17(2)13-22(28-38-21(26(36)39-28)15-23(33)37-27(3,4)5)32-24(34)19(14-18-9-7-6-8-10-18)31-25(35)20-16-29-11-12-30-20/h6-12,16-17,19,21-22H,13-15H2,1-5H3,(H,31,35)(H,32,34)/t19-,21+,22-/m0/s1. The first-order chi connectivity index (χ1) is 18.4. The summed E-state index contributed by atoms with van der Waals surface area (Å²) in [4.78, 5) is 59.0. The first-order valence-electron chi connectivity index (χ1n) is 12.9. The third kappa shape index (κ3) is 9.47. The number of nitrogens with one attached hydrogen (secondary N) is 2. The summed E-state index contributed by atoms with van der Waals surface area (Å²) in [7, 11) is -1.11. The minimum absolute atomic E-state index is 0.0696. The SMILES string of the molecule is CC(C)C[C@H](NC(=O)[C@H](Cc1ccccc1)NC(=O)c1cnccn1)B1OC(=O)[C@@H](CC(=O)OC(C)(C)C)O1. The molecule has 3 rings (SSSR count). The lowest BCUT2D eigenvalue weighted by atomic mass is 9.74. The molecule has 0 bridgehead atoms. The van der Waals surface area contributed by atoms with Gasteiger partial charge in [-0.2, -0.15) is 0 Å². The van der Waals surface area contributed by atoms with Crippen molar-refractivity contribution in [3.8, 4) is 0 Å². The number of benzene rings is 1. The largest absolute Gasteiger partial charge is 0.552 e. The predicted molar refractivity (Wildman–Crippen MR) is 142 cm³/mol. The van der Waals surface area contributed by atoms with E-state index in [4.69, 9.17) is 14.0 Å². The van der Waals surface area contributed by atoms with E-state index < -0.39 is 54.6 Å². The lowest BCUT2D eigenvalue weighted by Crippen LogP contribution is -2.55. The lowest BCUT2D eigenvalue weighted by Gasteiger charge is -2.25. The van der Waals surface area contributed by atoms with Gasteiger partial charge in [0, 0.05) is 18.8 Å². The van der Waals surface area contributed by atoms with Gasteiger partial charge in [-0.1, -0.05) is 44.2 Å². The van der Waals surface area contributed by atoms with E-state index in [9.17, 15) is 19.2 Å². The Bertz CT molecular complexity index is 1140. The van der Waals surface area contributed by atoms with Gasteiger partial charge in [-0.3, -0.25) is 24.2 Å².